The average Bonchev–Trinajstić information content (AvgIpc) is 3.03. The maximum atomic E-state index is 10.3. The molecule has 0 radical (unpaired) electrons. The lowest BCUT2D eigenvalue weighted by atomic mass is 9.83. The number of piperazine rings is 1. The quantitative estimate of drug-likeness (QED) is 0.902. The zero-order valence-electron chi connectivity index (χ0n) is 15.9. The summed E-state index contributed by atoms with van der Waals surface area (Å²) in [6.07, 6.45) is 0.762. The van der Waals surface area contributed by atoms with E-state index in [1.165, 1.54) is 11.1 Å². The van der Waals surface area contributed by atoms with Crippen LogP contribution in [0.3, 0.4) is 0 Å². The summed E-state index contributed by atoms with van der Waals surface area (Å²) < 4.78 is 0. The van der Waals surface area contributed by atoms with E-state index >= 15 is 0 Å². The molecule has 0 aliphatic carbocycles. The molecule has 3 saturated heterocycles. The highest BCUT2D eigenvalue weighted by Crippen LogP contribution is 2.39. The van der Waals surface area contributed by atoms with Crippen molar-refractivity contribution in [2.45, 2.75) is 37.2 Å². The van der Waals surface area contributed by atoms with Gasteiger partial charge in [-0.25, -0.2) is 0 Å². The number of benzene rings is 2. The van der Waals surface area contributed by atoms with Gasteiger partial charge in [0.2, 0.25) is 0 Å². The Hall–Kier alpha value is -1.72. The SMILES string of the molecule is O[C@@H]1C[C@@H]2CN(Cc3ccccc3)CC3(CN(Cc4ccccc4)C3)N2C1. The molecular formula is C23H29N3O. The molecule has 2 aromatic rings. The van der Waals surface area contributed by atoms with E-state index in [1.54, 1.807) is 0 Å². The van der Waals surface area contributed by atoms with Crippen molar-refractivity contribution in [2.75, 3.05) is 32.7 Å². The van der Waals surface area contributed by atoms with Gasteiger partial charge in [0, 0.05) is 51.9 Å². The smallest absolute Gasteiger partial charge is 0.0682 e. The van der Waals surface area contributed by atoms with Crippen molar-refractivity contribution in [1.29, 1.82) is 0 Å². The monoisotopic (exact) mass is 363 g/mol. The molecule has 0 aromatic heterocycles. The summed E-state index contributed by atoms with van der Waals surface area (Å²) >= 11 is 0. The highest BCUT2D eigenvalue weighted by molar-refractivity contribution is 5.20. The maximum Gasteiger partial charge on any atom is 0.0682 e. The van der Waals surface area contributed by atoms with Gasteiger partial charge in [-0.3, -0.25) is 14.7 Å². The van der Waals surface area contributed by atoms with Crippen LogP contribution >= 0.6 is 0 Å². The van der Waals surface area contributed by atoms with E-state index in [0.29, 0.717) is 6.04 Å². The number of likely N-dealkylation sites (tertiary alicyclic amines) is 1. The van der Waals surface area contributed by atoms with Gasteiger partial charge in [0.1, 0.15) is 0 Å². The first-order chi connectivity index (χ1) is 13.2. The number of aliphatic hydroxyl groups is 1. The van der Waals surface area contributed by atoms with Gasteiger partial charge in [0.05, 0.1) is 11.6 Å². The van der Waals surface area contributed by atoms with Crippen molar-refractivity contribution < 1.29 is 5.11 Å². The summed E-state index contributed by atoms with van der Waals surface area (Å²) in [6.45, 7) is 7.29. The third-order valence-electron chi connectivity index (χ3n) is 6.52. The lowest BCUT2D eigenvalue weighted by Gasteiger charge is -2.61. The predicted octanol–water partition coefficient (Wildman–Crippen LogP) is 2.19. The molecule has 2 aromatic carbocycles. The second-order valence-electron chi connectivity index (χ2n) is 8.71. The fourth-order valence-electron chi connectivity index (χ4n) is 5.50. The van der Waals surface area contributed by atoms with Crippen molar-refractivity contribution in [3.8, 4) is 0 Å². The van der Waals surface area contributed by atoms with Gasteiger partial charge in [0.25, 0.3) is 0 Å². The van der Waals surface area contributed by atoms with E-state index in [-0.39, 0.29) is 11.6 Å². The summed E-state index contributed by atoms with van der Waals surface area (Å²) in [5, 5.41) is 10.3. The van der Waals surface area contributed by atoms with Crippen LogP contribution in [0.2, 0.25) is 0 Å². The fourth-order valence-corrected chi connectivity index (χ4v) is 5.50. The van der Waals surface area contributed by atoms with Crippen molar-refractivity contribution in [2.24, 2.45) is 0 Å². The summed E-state index contributed by atoms with van der Waals surface area (Å²) in [4.78, 5) is 7.82. The molecular weight excluding hydrogens is 334 g/mol. The van der Waals surface area contributed by atoms with Crippen LogP contribution in [0.25, 0.3) is 0 Å². The van der Waals surface area contributed by atoms with Crippen LogP contribution in [0, 0.1) is 0 Å². The largest absolute Gasteiger partial charge is 0.392 e. The summed E-state index contributed by atoms with van der Waals surface area (Å²) in [5.74, 6) is 0. The van der Waals surface area contributed by atoms with E-state index in [4.69, 9.17) is 0 Å². The molecule has 2 atom stereocenters. The van der Waals surface area contributed by atoms with E-state index in [2.05, 4.69) is 75.4 Å². The molecule has 0 amide bonds. The molecule has 3 aliphatic heterocycles. The average molecular weight is 364 g/mol. The van der Waals surface area contributed by atoms with Crippen LogP contribution in [-0.4, -0.2) is 70.2 Å². The number of fused-ring (bicyclic) bond motifs is 2. The zero-order valence-corrected chi connectivity index (χ0v) is 15.9. The van der Waals surface area contributed by atoms with Crippen LogP contribution in [0.5, 0.6) is 0 Å². The van der Waals surface area contributed by atoms with Crippen LogP contribution < -0.4 is 0 Å². The van der Waals surface area contributed by atoms with E-state index in [1.807, 2.05) is 0 Å². The minimum atomic E-state index is -0.160. The maximum absolute atomic E-state index is 10.3. The van der Waals surface area contributed by atoms with Crippen LogP contribution in [-0.2, 0) is 13.1 Å². The van der Waals surface area contributed by atoms with Gasteiger partial charge in [0.15, 0.2) is 0 Å². The Balaban J connectivity index is 1.30. The molecule has 4 nitrogen and oxygen atoms in total. The highest BCUT2D eigenvalue weighted by Gasteiger charge is 2.55. The molecule has 27 heavy (non-hydrogen) atoms. The number of β-amino-alcohol motifs (C(OH)–C–C–N with tert-alkyl or cyclic N) is 1. The Morgan fingerprint density at radius 1 is 0.778 bits per heavy atom. The molecule has 142 valence electrons. The lowest BCUT2D eigenvalue weighted by molar-refractivity contribution is -0.118. The first-order valence-corrected chi connectivity index (χ1v) is 10.2. The molecule has 0 bridgehead atoms. The Morgan fingerprint density at radius 3 is 1.96 bits per heavy atom. The first kappa shape index (κ1) is 17.4. The Morgan fingerprint density at radius 2 is 1.33 bits per heavy atom. The van der Waals surface area contributed by atoms with Crippen molar-refractivity contribution >= 4 is 0 Å². The fraction of sp³-hybridized carbons (Fsp3) is 0.478. The van der Waals surface area contributed by atoms with Gasteiger partial charge < -0.3 is 5.11 Å². The van der Waals surface area contributed by atoms with Gasteiger partial charge in [-0.2, -0.15) is 0 Å². The number of hydrogen-bond donors (Lipinski definition) is 1. The third-order valence-corrected chi connectivity index (χ3v) is 6.52. The van der Waals surface area contributed by atoms with Crippen molar-refractivity contribution in [1.82, 2.24) is 14.7 Å². The Kier molecular flexibility index (Phi) is 4.52. The minimum absolute atomic E-state index is 0.160. The number of nitrogens with zero attached hydrogens (tertiary/aromatic N) is 3. The second-order valence-corrected chi connectivity index (χ2v) is 8.71. The normalized spacial score (nSPS) is 28.2. The van der Waals surface area contributed by atoms with Gasteiger partial charge in [-0.05, 0) is 17.5 Å². The Labute approximate surface area is 162 Å². The van der Waals surface area contributed by atoms with Gasteiger partial charge in [-0.15, -0.1) is 0 Å². The predicted molar refractivity (Wildman–Crippen MR) is 107 cm³/mol. The minimum Gasteiger partial charge on any atom is -0.392 e. The molecule has 1 spiro atoms. The van der Waals surface area contributed by atoms with E-state index in [0.717, 1.165) is 52.2 Å². The summed E-state index contributed by atoms with van der Waals surface area (Å²) in [7, 11) is 0. The van der Waals surface area contributed by atoms with Crippen molar-refractivity contribution in [3.05, 3.63) is 71.8 Å². The highest BCUT2D eigenvalue weighted by atomic mass is 16.3. The molecule has 0 unspecified atom stereocenters. The number of hydrogen-bond acceptors (Lipinski definition) is 4. The molecule has 5 rings (SSSR count). The zero-order chi connectivity index (χ0) is 18.3. The van der Waals surface area contributed by atoms with E-state index in [9.17, 15) is 5.11 Å². The van der Waals surface area contributed by atoms with Crippen LogP contribution in [0.1, 0.15) is 17.5 Å². The molecule has 0 saturated carbocycles. The number of rotatable bonds is 4. The second kappa shape index (κ2) is 7.02. The molecule has 3 fully saturated rings. The van der Waals surface area contributed by atoms with Crippen LogP contribution in [0.15, 0.2) is 60.7 Å². The van der Waals surface area contributed by atoms with Crippen LogP contribution in [0.4, 0.5) is 0 Å². The lowest BCUT2D eigenvalue weighted by Crippen LogP contribution is -2.77. The summed E-state index contributed by atoms with van der Waals surface area (Å²) in [5.41, 5.74) is 2.99. The Bertz CT molecular complexity index is 760. The standard InChI is InChI=1S/C23H29N3O/c27-22-11-21-14-24(12-19-7-3-1-4-8-19)16-23(26(21)15-22)17-25(18-23)13-20-9-5-2-6-10-20/h1-10,21-22,27H,11-18H2/t21-,22-/m1/s1. The number of aliphatic hydroxyl groups excluding tert-OH is 1. The molecule has 1 N–H and O–H groups in total. The third kappa shape index (κ3) is 3.43. The van der Waals surface area contributed by atoms with Gasteiger partial charge in [-0.1, -0.05) is 60.7 Å². The first-order valence-electron chi connectivity index (χ1n) is 10.2. The topological polar surface area (TPSA) is 30.0 Å². The summed E-state index contributed by atoms with van der Waals surface area (Å²) in [6, 6.07) is 22.1. The van der Waals surface area contributed by atoms with Crippen molar-refractivity contribution in [3.63, 3.8) is 0 Å². The molecule has 4 heteroatoms. The molecule has 3 heterocycles. The van der Waals surface area contributed by atoms with E-state index < -0.39 is 0 Å². The molecule has 3 aliphatic rings. The van der Waals surface area contributed by atoms with Gasteiger partial charge >= 0.3 is 0 Å².